The quantitative estimate of drug-likeness (QED) is 0.763. The van der Waals surface area contributed by atoms with Crippen molar-refractivity contribution in [3.8, 4) is 0 Å². The zero-order valence-electron chi connectivity index (χ0n) is 13.3. The Labute approximate surface area is 138 Å². The summed E-state index contributed by atoms with van der Waals surface area (Å²) in [5, 5.41) is 3.61. The third-order valence-electron chi connectivity index (χ3n) is 3.54. The van der Waals surface area contributed by atoms with Crippen LogP contribution in [0, 0.1) is 6.92 Å². The van der Waals surface area contributed by atoms with Crippen LogP contribution in [0.2, 0.25) is 0 Å². The lowest BCUT2D eigenvalue weighted by atomic mass is 10.1. The van der Waals surface area contributed by atoms with Crippen LogP contribution < -0.4 is 11.1 Å². The van der Waals surface area contributed by atoms with E-state index in [1.165, 1.54) is 11.3 Å². The van der Waals surface area contributed by atoms with Crippen molar-refractivity contribution in [3.05, 3.63) is 46.6 Å². The Hall–Kier alpha value is -2.47. The first-order valence-electron chi connectivity index (χ1n) is 7.39. The van der Waals surface area contributed by atoms with E-state index in [0.717, 1.165) is 21.6 Å². The highest BCUT2D eigenvalue weighted by Gasteiger charge is 2.18. The van der Waals surface area contributed by atoms with Crippen molar-refractivity contribution in [2.45, 2.75) is 26.7 Å². The average Bonchev–Trinajstić information content (AvgIpc) is 2.84. The van der Waals surface area contributed by atoms with Gasteiger partial charge in [0.2, 0.25) is 0 Å². The molecule has 0 radical (unpaired) electrons. The zero-order chi connectivity index (χ0) is 16.6. The third kappa shape index (κ3) is 3.03. The molecular weight excluding hydrogens is 308 g/mol. The molecular formula is C17H18N4OS. The molecule has 6 heteroatoms. The maximum atomic E-state index is 12.5. The maximum Gasteiger partial charge on any atom is 0.269 e. The highest BCUT2D eigenvalue weighted by Crippen LogP contribution is 2.33. The van der Waals surface area contributed by atoms with Crippen molar-refractivity contribution in [1.29, 1.82) is 0 Å². The van der Waals surface area contributed by atoms with E-state index in [-0.39, 0.29) is 5.91 Å². The number of amides is 1. The molecule has 0 saturated carbocycles. The molecule has 3 N–H and O–H groups in total. The molecule has 0 saturated heterocycles. The Morgan fingerprint density at radius 2 is 2.00 bits per heavy atom. The molecule has 0 bridgehead atoms. The van der Waals surface area contributed by atoms with Gasteiger partial charge in [-0.25, -0.2) is 9.97 Å². The van der Waals surface area contributed by atoms with Crippen molar-refractivity contribution < 1.29 is 4.79 Å². The summed E-state index contributed by atoms with van der Waals surface area (Å²) in [5.41, 5.74) is 8.44. The summed E-state index contributed by atoms with van der Waals surface area (Å²) in [4.78, 5) is 22.6. The second-order valence-electron chi connectivity index (χ2n) is 5.71. The predicted molar refractivity (Wildman–Crippen MR) is 95.0 cm³/mol. The molecule has 3 rings (SSSR count). The Kier molecular flexibility index (Phi) is 4.00. The van der Waals surface area contributed by atoms with Crippen molar-refractivity contribution >= 4 is 39.0 Å². The van der Waals surface area contributed by atoms with Gasteiger partial charge in [0.05, 0.1) is 5.69 Å². The monoisotopic (exact) mass is 326 g/mol. The SMILES string of the molecule is Cc1cccc(NC(=O)c2sc3nc(C(C)C)ccc3c2N)n1. The van der Waals surface area contributed by atoms with Gasteiger partial charge in [0.25, 0.3) is 5.91 Å². The van der Waals surface area contributed by atoms with Crippen molar-refractivity contribution in [1.82, 2.24) is 9.97 Å². The van der Waals surface area contributed by atoms with Crippen molar-refractivity contribution in [2.75, 3.05) is 11.1 Å². The fourth-order valence-electron chi connectivity index (χ4n) is 2.29. The zero-order valence-corrected chi connectivity index (χ0v) is 14.1. The van der Waals surface area contributed by atoms with Gasteiger partial charge in [-0.15, -0.1) is 11.3 Å². The Morgan fingerprint density at radius 1 is 1.22 bits per heavy atom. The summed E-state index contributed by atoms with van der Waals surface area (Å²) < 4.78 is 0. The topological polar surface area (TPSA) is 80.9 Å². The van der Waals surface area contributed by atoms with Crippen LogP contribution in [0.15, 0.2) is 30.3 Å². The number of nitrogens with one attached hydrogen (secondary N) is 1. The fourth-order valence-corrected chi connectivity index (χ4v) is 3.28. The molecule has 0 atom stereocenters. The Bertz CT molecular complexity index is 885. The van der Waals surface area contributed by atoms with Gasteiger partial charge in [0.1, 0.15) is 15.5 Å². The lowest BCUT2D eigenvalue weighted by Gasteiger charge is -2.04. The van der Waals surface area contributed by atoms with E-state index in [2.05, 4.69) is 29.1 Å². The average molecular weight is 326 g/mol. The van der Waals surface area contributed by atoms with E-state index in [1.807, 2.05) is 31.2 Å². The first-order valence-corrected chi connectivity index (χ1v) is 8.21. The number of rotatable bonds is 3. The summed E-state index contributed by atoms with van der Waals surface area (Å²) in [6, 6.07) is 9.37. The molecule has 3 heterocycles. The van der Waals surface area contributed by atoms with Gasteiger partial charge in [-0.1, -0.05) is 19.9 Å². The summed E-state index contributed by atoms with van der Waals surface area (Å²) >= 11 is 1.31. The van der Waals surface area contributed by atoms with Gasteiger partial charge in [0.15, 0.2) is 0 Å². The predicted octanol–water partition coefficient (Wildman–Crippen LogP) is 3.96. The largest absolute Gasteiger partial charge is 0.397 e. The van der Waals surface area contributed by atoms with Gasteiger partial charge < -0.3 is 11.1 Å². The number of nitrogens with zero attached hydrogens (tertiary/aromatic N) is 2. The number of pyridine rings is 2. The minimum Gasteiger partial charge on any atom is -0.397 e. The molecule has 5 nitrogen and oxygen atoms in total. The second-order valence-corrected chi connectivity index (χ2v) is 6.71. The van der Waals surface area contributed by atoms with Gasteiger partial charge in [0, 0.05) is 16.8 Å². The van der Waals surface area contributed by atoms with Crippen LogP contribution in [-0.4, -0.2) is 15.9 Å². The smallest absolute Gasteiger partial charge is 0.269 e. The summed E-state index contributed by atoms with van der Waals surface area (Å²) in [6.45, 7) is 6.05. The number of fused-ring (bicyclic) bond motifs is 1. The number of carbonyl (C=O) groups is 1. The van der Waals surface area contributed by atoms with Gasteiger partial charge >= 0.3 is 0 Å². The summed E-state index contributed by atoms with van der Waals surface area (Å²) in [7, 11) is 0. The number of anilines is 2. The molecule has 0 aliphatic heterocycles. The van der Waals surface area contributed by atoms with Gasteiger partial charge in [-0.2, -0.15) is 0 Å². The molecule has 0 fully saturated rings. The fraction of sp³-hybridized carbons (Fsp3) is 0.235. The highest BCUT2D eigenvalue weighted by molar-refractivity contribution is 7.21. The number of aromatic nitrogens is 2. The van der Waals surface area contributed by atoms with Crippen LogP contribution in [0.4, 0.5) is 11.5 Å². The van der Waals surface area contributed by atoms with E-state index in [9.17, 15) is 4.79 Å². The van der Waals surface area contributed by atoms with Gasteiger partial charge in [-0.05, 0) is 37.1 Å². The maximum absolute atomic E-state index is 12.5. The third-order valence-corrected chi connectivity index (χ3v) is 4.66. The van der Waals surface area contributed by atoms with Crippen LogP contribution in [0.3, 0.4) is 0 Å². The van der Waals surface area contributed by atoms with Crippen LogP contribution in [0.25, 0.3) is 10.2 Å². The molecule has 0 spiro atoms. The first kappa shape index (κ1) is 15.4. The Balaban J connectivity index is 1.95. The molecule has 0 aliphatic carbocycles. The van der Waals surface area contributed by atoms with Gasteiger partial charge in [-0.3, -0.25) is 4.79 Å². The molecule has 118 valence electrons. The molecule has 1 amide bonds. The molecule has 3 aromatic heterocycles. The van der Waals surface area contributed by atoms with E-state index >= 15 is 0 Å². The number of hydrogen-bond acceptors (Lipinski definition) is 5. The van der Waals surface area contributed by atoms with E-state index in [0.29, 0.717) is 22.3 Å². The molecule has 0 aliphatic rings. The van der Waals surface area contributed by atoms with Crippen LogP contribution in [-0.2, 0) is 0 Å². The number of nitrogens with two attached hydrogens (primary N) is 1. The van der Waals surface area contributed by atoms with E-state index in [1.54, 1.807) is 6.07 Å². The highest BCUT2D eigenvalue weighted by atomic mass is 32.1. The van der Waals surface area contributed by atoms with Crippen LogP contribution in [0.1, 0.15) is 40.8 Å². The molecule has 0 unspecified atom stereocenters. The summed E-state index contributed by atoms with van der Waals surface area (Å²) in [5.74, 6) is 0.592. The van der Waals surface area contributed by atoms with Crippen molar-refractivity contribution in [3.63, 3.8) is 0 Å². The minimum atomic E-state index is -0.255. The normalized spacial score (nSPS) is 11.1. The molecule has 3 aromatic rings. The van der Waals surface area contributed by atoms with Crippen molar-refractivity contribution in [2.24, 2.45) is 0 Å². The number of hydrogen-bond donors (Lipinski definition) is 2. The summed E-state index contributed by atoms with van der Waals surface area (Å²) in [6.07, 6.45) is 0. The van der Waals surface area contributed by atoms with Crippen LogP contribution >= 0.6 is 11.3 Å². The standard InChI is InChI=1S/C17H18N4OS/c1-9(2)12-8-7-11-14(18)15(23-17(11)20-12)16(22)21-13-6-4-5-10(3)19-13/h4-9H,18H2,1-3H3,(H,19,21,22). The lowest BCUT2D eigenvalue weighted by Crippen LogP contribution is -2.13. The number of nitrogen functional groups attached to an aromatic ring is 1. The van der Waals surface area contributed by atoms with Crippen LogP contribution in [0.5, 0.6) is 0 Å². The number of carbonyl (C=O) groups excluding carboxylic acids is 1. The first-order chi connectivity index (χ1) is 11.0. The van der Waals surface area contributed by atoms with E-state index in [4.69, 9.17) is 5.73 Å². The molecule has 0 aromatic carbocycles. The van der Waals surface area contributed by atoms with E-state index < -0.39 is 0 Å². The second kappa shape index (κ2) is 5.96. The lowest BCUT2D eigenvalue weighted by molar-refractivity contribution is 0.103. The Morgan fingerprint density at radius 3 is 2.70 bits per heavy atom. The molecule has 23 heavy (non-hydrogen) atoms. The number of thiophene rings is 1. The minimum absolute atomic E-state index is 0.255. The number of aryl methyl sites for hydroxylation is 1.